The van der Waals surface area contributed by atoms with E-state index in [9.17, 15) is 14.7 Å². The van der Waals surface area contributed by atoms with Gasteiger partial charge in [-0.05, 0) is 70.4 Å². The molecular formula is C25H32N2O4. The minimum Gasteiger partial charge on any atom is -0.478 e. The molecule has 6 heteroatoms. The number of anilines is 1. The number of nitrogens with zero attached hydrogens (tertiary/aromatic N) is 2. The predicted molar refractivity (Wildman–Crippen MR) is 122 cm³/mol. The first-order valence-corrected chi connectivity index (χ1v) is 10.8. The first-order valence-electron chi connectivity index (χ1n) is 10.8. The Morgan fingerprint density at radius 3 is 2.48 bits per heavy atom. The van der Waals surface area contributed by atoms with Crippen molar-refractivity contribution in [2.24, 2.45) is 0 Å². The Morgan fingerprint density at radius 2 is 1.84 bits per heavy atom. The monoisotopic (exact) mass is 424 g/mol. The number of piperidine rings is 1. The average Bonchev–Trinajstić information content (AvgIpc) is 2.74. The van der Waals surface area contributed by atoms with Crippen molar-refractivity contribution >= 4 is 17.7 Å². The van der Waals surface area contributed by atoms with Crippen molar-refractivity contribution in [3.05, 3.63) is 60.2 Å². The van der Waals surface area contributed by atoms with Crippen LogP contribution in [0.4, 0.5) is 10.5 Å². The number of urea groups is 1. The molecule has 1 aliphatic heterocycles. The van der Waals surface area contributed by atoms with Crippen LogP contribution in [0.3, 0.4) is 0 Å². The number of amides is 2. The first kappa shape index (κ1) is 22.7. The van der Waals surface area contributed by atoms with Gasteiger partial charge in [-0.25, -0.2) is 9.59 Å². The van der Waals surface area contributed by atoms with Crippen LogP contribution in [0.15, 0.2) is 54.6 Å². The highest BCUT2D eigenvalue weighted by Gasteiger charge is 2.31. The number of aliphatic carboxylic acids is 1. The molecule has 6 nitrogen and oxygen atoms in total. The lowest BCUT2D eigenvalue weighted by Gasteiger charge is -2.38. The molecule has 0 bridgehead atoms. The molecule has 1 aliphatic rings. The maximum absolute atomic E-state index is 13.4. The minimum atomic E-state index is -1.30. The summed E-state index contributed by atoms with van der Waals surface area (Å²) in [6.07, 6.45) is 1.89. The van der Waals surface area contributed by atoms with Gasteiger partial charge in [0, 0.05) is 30.7 Å². The SMILES string of the molecule is CC(C)N(C(=O)N1CCCC(c2cccc(OC(C)(C)C(=O)O)c2)C1)c1ccccc1. The van der Waals surface area contributed by atoms with Crippen LogP contribution in [-0.4, -0.2) is 46.7 Å². The van der Waals surface area contributed by atoms with E-state index in [1.807, 2.05) is 72.2 Å². The molecule has 0 saturated carbocycles. The topological polar surface area (TPSA) is 70.1 Å². The molecule has 1 fully saturated rings. The fourth-order valence-electron chi connectivity index (χ4n) is 3.96. The van der Waals surface area contributed by atoms with E-state index in [2.05, 4.69) is 0 Å². The number of para-hydroxylation sites is 1. The number of benzene rings is 2. The Hall–Kier alpha value is -3.02. The Bertz CT molecular complexity index is 911. The van der Waals surface area contributed by atoms with Crippen LogP contribution in [0.25, 0.3) is 0 Å². The van der Waals surface area contributed by atoms with Gasteiger partial charge in [-0.3, -0.25) is 4.90 Å². The van der Waals surface area contributed by atoms with Gasteiger partial charge in [-0.2, -0.15) is 0 Å². The van der Waals surface area contributed by atoms with E-state index in [1.165, 1.54) is 13.8 Å². The van der Waals surface area contributed by atoms with E-state index in [-0.39, 0.29) is 18.0 Å². The lowest BCUT2D eigenvalue weighted by Crippen LogP contribution is -2.49. The number of carbonyl (C=O) groups is 2. The summed E-state index contributed by atoms with van der Waals surface area (Å²) in [4.78, 5) is 28.6. The Morgan fingerprint density at radius 1 is 1.13 bits per heavy atom. The number of carbonyl (C=O) groups excluding carboxylic acids is 1. The summed E-state index contributed by atoms with van der Waals surface area (Å²) in [6, 6.07) is 17.4. The molecular weight excluding hydrogens is 392 g/mol. The van der Waals surface area contributed by atoms with Gasteiger partial charge in [0.25, 0.3) is 0 Å². The molecule has 1 N–H and O–H groups in total. The first-order chi connectivity index (χ1) is 14.7. The maximum atomic E-state index is 13.4. The molecule has 2 aromatic rings. The zero-order valence-electron chi connectivity index (χ0n) is 18.7. The highest BCUT2D eigenvalue weighted by molar-refractivity contribution is 5.92. The van der Waals surface area contributed by atoms with Crippen LogP contribution < -0.4 is 9.64 Å². The van der Waals surface area contributed by atoms with E-state index in [4.69, 9.17) is 4.74 Å². The number of hydrogen-bond acceptors (Lipinski definition) is 3. The van der Waals surface area contributed by atoms with E-state index >= 15 is 0 Å². The third-order valence-corrected chi connectivity index (χ3v) is 5.67. The van der Waals surface area contributed by atoms with Crippen molar-refractivity contribution in [2.45, 2.75) is 58.1 Å². The second-order valence-corrected chi connectivity index (χ2v) is 8.86. The number of rotatable bonds is 6. The third kappa shape index (κ3) is 5.37. The summed E-state index contributed by atoms with van der Waals surface area (Å²) < 4.78 is 5.71. The second kappa shape index (κ2) is 9.41. The van der Waals surface area contributed by atoms with Gasteiger partial charge in [0.15, 0.2) is 5.60 Å². The molecule has 0 spiro atoms. The van der Waals surface area contributed by atoms with E-state index in [1.54, 1.807) is 6.07 Å². The van der Waals surface area contributed by atoms with Crippen molar-refractivity contribution < 1.29 is 19.4 Å². The molecule has 2 aromatic carbocycles. The number of carboxylic acids is 1. The van der Waals surface area contributed by atoms with Gasteiger partial charge in [0.2, 0.25) is 0 Å². The van der Waals surface area contributed by atoms with Crippen LogP contribution in [0.2, 0.25) is 0 Å². The number of hydrogen-bond donors (Lipinski definition) is 1. The van der Waals surface area contributed by atoms with Gasteiger partial charge >= 0.3 is 12.0 Å². The molecule has 3 rings (SSSR count). The van der Waals surface area contributed by atoms with Gasteiger partial charge in [0.05, 0.1) is 0 Å². The zero-order chi connectivity index (χ0) is 22.6. The van der Waals surface area contributed by atoms with Crippen LogP contribution in [0.5, 0.6) is 5.75 Å². The van der Waals surface area contributed by atoms with Crippen molar-refractivity contribution in [1.82, 2.24) is 4.90 Å². The number of carboxylic acid groups (broad SMARTS) is 1. The average molecular weight is 425 g/mol. The smallest absolute Gasteiger partial charge is 0.347 e. The van der Waals surface area contributed by atoms with E-state index in [0.29, 0.717) is 12.3 Å². The van der Waals surface area contributed by atoms with Gasteiger partial charge in [-0.1, -0.05) is 30.3 Å². The standard InChI is InChI=1S/C25H32N2O4/c1-18(2)27(21-12-6-5-7-13-21)24(30)26-15-9-11-20(17-26)19-10-8-14-22(16-19)31-25(3,4)23(28)29/h5-8,10,12-14,16,18,20H,9,11,15,17H2,1-4H3,(H,28,29). The van der Waals surface area contributed by atoms with Crippen molar-refractivity contribution in [2.75, 3.05) is 18.0 Å². The summed E-state index contributed by atoms with van der Waals surface area (Å²) >= 11 is 0. The lowest BCUT2D eigenvalue weighted by molar-refractivity contribution is -0.152. The van der Waals surface area contributed by atoms with Crippen LogP contribution in [0, 0.1) is 0 Å². The van der Waals surface area contributed by atoms with Gasteiger partial charge in [0.1, 0.15) is 5.75 Å². The summed E-state index contributed by atoms with van der Waals surface area (Å²) in [5, 5.41) is 9.33. The van der Waals surface area contributed by atoms with Crippen LogP contribution in [0.1, 0.15) is 52.0 Å². The van der Waals surface area contributed by atoms with Gasteiger partial charge < -0.3 is 14.7 Å². The lowest BCUT2D eigenvalue weighted by atomic mass is 9.90. The van der Waals surface area contributed by atoms with E-state index < -0.39 is 11.6 Å². The molecule has 0 radical (unpaired) electrons. The molecule has 1 atom stereocenters. The minimum absolute atomic E-state index is 0.0188. The molecule has 0 aliphatic carbocycles. The Labute approximate surface area is 184 Å². The molecule has 1 heterocycles. The molecule has 1 unspecified atom stereocenters. The van der Waals surface area contributed by atoms with Crippen molar-refractivity contribution in [3.8, 4) is 5.75 Å². The normalized spacial score (nSPS) is 16.8. The number of likely N-dealkylation sites (tertiary alicyclic amines) is 1. The fourth-order valence-corrected chi connectivity index (χ4v) is 3.96. The third-order valence-electron chi connectivity index (χ3n) is 5.67. The molecule has 1 saturated heterocycles. The summed E-state index contributed by atoms with van der Waals surface area (Å²) in [7, 11) is 0. The summed E-state index contributed by atoms with van der Waals surface area (Å²) in [6.45, 7) is 8.48. The quantitative estimate of drug-likeness (QED) is 0.697. The van der Waals surface area contributed by atoms with Crippen LogP contribution >= 0.6 is 0 Å². The summed E-state index contributed by atoms with van der Waals surface area (Å²) in [5.41, 5.74) is 0.656. The van der Waals surface area contributed by atoms with E-state index in [0.717, 1.165) is 30.6 Å². The number of ether oxygens (including phenoxy) is 1. The summed E-state index contributed by atoms with van der Waals surface area (Å²) in [5.74, 6) is -0.303. The highest BCUT2D eigenvalue weighted by Crippen LogP contribution is 2.31. The van der Waals surface area contributed by atoms with Crippen LogP contribution in [-0.2, 0) is 4.79 Å². The maximum Gasteiger partial charge on any atom is 0.347 e. The molecule has 2 amide bonds. The molecule has 0 aromatic heterocycles. The molecule has 31 heavy (non-hydrogen) atoms. The highest BCUT2D eigenvalue weighted by atomic mass is 16.5. The fraction of sp³-hybridized carbons (Fsp3) is 0.440. The second-order valence-electron chi connectivity index (χ2n) is 8.86. The molecule has 166 valence electrons. The largest absolute Gasteiger partial charge is 0.478 e. The predicted octanol–water partition coefficient (Wildman–Crippen LogP) is 5.14. The van der Waals surface area contributed by atoms with Crippen molar-refractivity contribution in [1.29, 1.82) is 0 Å². The zero-order valence-corrected chi connectivity index (χ0v) is 18.7. The Balaban J connectivity index is 1.77. The van der Waals surface area contributed by atoms with Gasteiger partial charge in [-0.15, -0.1) is 0 Å². The van der Waals surface area contributed by atoms with Crippen molar-refractivity contribution in [3.63, 3.8) is 0 Å². The Kier molecular flexibility index (Phi) is 6.88.